The molecule has 2 heteroatoms. The Morgan fingerprint density at radius 2 is 2.06 bits per heavy atom. The van der Waals surface area contributed by atoms with Crippen LogP contribution in [0.2, 0.25) is 0 Å². The summed E-state index contributed by atoms with van der Waals surface area (Å²) in [6, 6.07) is 1.50. The minimum absolute atomic E-state index is 0.699. The molecule has 0 aromatic carbocycles. The van der Waals surface area contributed by atoms with Gasteiger partial charge in [0.1, 0.15) is 0 Å². The van der Waals surface area contributed by atoms with Gasteiger partial charge in [-0.15, -0.1) is 5.92 Å². The maximum Gasteiger partial charge on any atom is 0.0604 e. The standard InChI is InChI=1S/C15H26N2/c1-4-5-9-17-11-14-8-6-7-10-16(14)12-15(17)13(2)3/h13-15H,6-12H2,1-3H3. The Kier molecular flexibility index (Phi) is 4.48. The summed E-state index contributed by atoms with van der Waals surface area (Å²) in [5.41, 5.74) is 0. The van der Waals surface area contributed by atoms with Gasteiger partial charge in [0.25, 0.3) is 0 Å². The van der Waals surface area contributed by atoms with E-state index in [1.54, 1.807) is 0 Å². The molecule has 96 valence electrons. The Morgan fingerprint density at radius 3 is 2.76 bits per heavy atom. The fraction of sp³-hybridized carbons (Fsp3) is 0.867. The molecule has 0 saturated carbocycles. The Hall–Kier alpha value is -0.520. The van der Waals surface area contributed by atoms with Crippen LogP contribution < -0.4 is 0 Å². The fourth-order valence-corrected chi connectivity index (χ4v) is 3.26. The predicted molar refractivity (Wildman–Crippen MR) is 72.9 cm³/mol. The Bertz CT molecular complexity index is 300. The minimum atomic E-state index is 0.699. The van der Waals surface area contributed by atoms with Gasteiger partial charge in [-0.3, -0.25) is 9.80 Å². The Labute approximate surface area is 106 Å². The van der Waals surface area contributed by atoms with Crippen molar-refractivity contribution < 1.29 is 0 Å². The number of hydrogen-bond acceptors (Lipinski definition) is 2. The van der Waals surface area contributed by atoms with Gasteiger partial charge in [0.05, 0.1) is 6.54 Å². The zero-order valence-electron chi connectivity index (χ0n) is 11.6. The van der Waals surface area contributed by atoms with Crippen LogP contribution in [-0.2, 0) is 0 Å². The zero-order valence-corrected chi connectivity index (χ0v) is 11.6. The summed E-state index contributed by atoms with van der Waals surface area (Å²) in [5.74, 6) is 7.03. The van der Waals surface area contributed by atoms with Crippen LogP contribution in [-0.4, -0.2) is 48.1 Å². The lowest BCUT2D eigenvalue weighted by atomic mass is 9.92. The summed E-state index contributed by atoms with van der Waals surface area (Å²) in [6.45, 7) is 11.4. The molecule has 17 heavy (non-hydrogen) atoms. The summed E-state index contributed by atoms with van der Waals surface area (Å²) < 4.78 is 0. The molecule has 0 amide bonds. The average Bonchev–Trinajstić information content (AvgIpc) is 2.35. The topological polar surface area (TPSA) is 6.48 Å². The Balaban J connectivity index is 2.03. The predicted octanol–water partition coefficient (Wildman–Crippen LogP) is 2.20. The molecule has 2 rings (SSSR count). The zero-order chi connectivity index (χ0) is 12.3. The smallest absolute Gasteiger partial charge is 0.0604 e. The van der Waals surface area contributed by atoms with Crippen molar-refractivity contribution in [1.82, 2.24) is 9.80 Å². The number of piperidine rings is 1. The van der Waals surface area contributed by atoms with Crippen molar-refractivity contribution >= 4 is 0 Å². The van der Waals surface area contributed by atoms with E-state index in [1.165, 1.54) is 38.9 Å². The van der Waals surface area contributed by atoms with E-state index in [0.717, 1.165) is 18.5 Å². The maximum absolute atomic E-state index is 3.26. The van der Waals surface area contributed by atoms with Gasteiger partial charge in [-0.25, -0.2) is 0 Å². The molecule has 2 aliphatic rings. The number of nitrogens with zero attached hydrogens (tertiary/aromatic N) is 2. The van der Waals surface area contributed by atoms with Crippen molar-refractivity contribution in [3.8, 4) is 11.8 Å². The first-order valence-electron chi connectivity index (χ1n) is 7.10. The summed E-state index contributed by atoms with van der Waals surface area (Å²) >= 11 is 0. The molecule has 2 fully saturated rings. The largest absolute Gasteiger partial charge is 0.298 e. The van der Waals surface area contributed by atoms with Crippen LogP contribution in [0.3, 0.4) is 0 Å². The molecule has 2 nitrogen and oxygen atoms in total. The van der Waals surface area contributed by atoms with E-state index in [0.29, 0.717) is 6.04 Å². The lowest BCUT2D eigenvalue weighted by molar-refractivity contribution is -0.000202. The van der Waals surface area contributed by atoms with E-state index in [9.17, 15) is 0 Å². The van der Waals surface area contributed by atoms with Gasteiger partial charge in [0, 0.05) is 25.2 Å². The summed E-state index contributed by atoms with van der Waals surface area (Å²) in [7, 11) is 0. The molecule has 0 aliphatic carbocycles. The van der Waals surface area contributed by atoms with Gasteiger partial charge in [-0.05, 0) is 32.2 Å². The van der Waals surface area contributed by atoms with Gasteiger partial charge in [-0.1, -0.05) is 26.2 Å². The molecule has 0 radical (unpaired) electrons. The number of piperazine rings is 1. The van der Waals surface area contributed by atoms with Crippen LogP contribution in [0, 0.1) is 17.8 Å². The van der Waals surface area contributed by atoms with Crippen LogP contribution in [0.25, 0.3) is 0 Å². The third kappa shape index (κ3) is 3.03. The summed E-state index contributed by atoms with van der Waals surface area (Å²) in [4.78, 5) is 5.34. The first kappa shape index (κ1) is 12.9. The highest BCUT2D eigenvalue weighted by Crippen LogP contribution is 2.26. The highest BCUT2D eigenvalue weighted by molar-refractivity contribution is 5.02. The lowest BCUT2D eigenvalue weighted by Crippen LogP contribution is -2.60. The van der Waals surface area contributed by atoms with Gasteiger partial charge in [0.2, 0.25) is 0 Å². The second kappa shape index (κ2) is 5.89. The quantitative estimate of drug-likeness (QED) is 0.676. The van der Waals surface area contributed by atoms with E-state index in [-0.39, 0.29) is 0 Å². The van der Waals surface area contributed by atoms with Crippen molar-refractivity contribution in [2.24, 2.45) is 5.92 Å². The highest BCUT2D eigenvalue weighted by Gasteiger charge is 2.35. The Morgan fingerprint density at radius 1 is 1.24 bits per heavy atom. The number of fused-ring (bicyclic) bond motifs is 1. The van der Waals surface area contributed by atoms with E-state index >= 15 is 0 Å². The monoisotopic (exact) mass is 234 g/mol. The van der Waals surface area contributed by atoms with Gasteiger partial charge >= 0.3 is 0 Å². The van der Waals surface area contributed by atoms with E-state index in [1.807, 2.05) is 6.92 Å². The van der Waals surface area contributed by atoms with Crippen molar-refractivity contribution in [3.05, 3.63) is 0 Å². The van der Waals surface area contributed by atoms with Crippen molar-refractivity contribution in [3.63, 3.8) is 0 Å². The summed E-state index contributed by atoms with van der Waals surface area (Å²) in [5, 5.41) is 0. The van der Waals surface area contributed by atoms with Crippen LogP contribution in [0.1, 0.15) is 40.0 Å². The molecular weight excluding hydrogens is 208 g/mol. The van der Waals surface area contributed by atoms with Gasteiger partial charge in [-0.2, -0.15) is 0 Å². The number of rotatable bonds is 2. The van der Waals surface area contributed by atoms with Crippen LogP contribution in [0.5, 0.6) is 0 Å². The molecule has 0 N–H and O–H groups in total. The molecule has 0 aromatic heterocycles. The molecule has 0 bridgehead atoms. The minimum Gasteiger partial charge on any atom is -0.298 e. The normalized spacial score (nSPS) is 30.8. The van der Waals surface area contributed by atoms with Crippen molar-refractivity contribution in [2.45, 2.75) is 52.1 Å². The summed E-state index contributed by atoms with van der Waals surface area (Å²) in [6.07, 6.45) is 4.21. The SMILES string of the molecule is CC#CCN1CC2CCCCN2CC1C(C)C. The maximum atomic E-state index is 3.26. The number of hydrogen-bond donors (Lipinski definition) is 0. The molecule has 2 atom stereocenters. The van der Waals surface area contributed by atoms with E-state index < -0.39 is 0 Å². The van der Waals surface area contributed by atoms with Gasteiger partial charge < -0.3 is 0 Å². The first-order valence-corrected chi connectivity index (χ1v) is 7.10. The average molecular weight is 234 g/mol. The van der Waals surface area contributed by atoms with Crippen LogP contribution in [0.15, 0.2) is 0 Å². The second-order valence-corrected chi connectivity index (χ2v) is 5.81. The first-order chi connectivity index (χ1) is 8.22. The lowest BCUT2D eigenvalue weighted by Gasteiger charge is -2.49. The second-order valence-electron chi connectivity index (χ2n) is 5.81. The van der Waals surface area contributed by atoms with Crippen molar-refractivity contribution in [1.29, 1.82) is 0 Å². The van der Waals surface area contributed by atoms with Crippen LogP contribution in [0.4, 0.5) is 0 Å². The van der Waals surface area contributed by atoms with Crippen molar-refractivity contribution in [2.75, 3.05) is 26.2 Å². The molecule has 2 saturated heterocycles. The molecular formula is C15H26N2. The third-order valence-electron chi connectivity index (χ3n) is 4.31. The van der Waals surface area contributed by atoms with Gasteiger partial charge in [0.15, 0.2) is 0 Å². The van der Waals surface area contributed by atoms with E-state index in [2.05, 4.69) is 35.5 Å². The highest BCUT2D eigenvalue weighted by atomic mass is 15.3. The molecule has 2 aliphatic heterocycles. The molecule has 2 heterocycles. The fourth-order valence-electron chi connectivity index (χ4n) is 3.26. The molecule has 0 spiro atoms. The van der Waals surface area contributed by atoms with Crippen LogP contribution >= 0.6 is 0 Å². The third-order valence-corrected chi connectivity index (χ3v) is 4.31. The molecule has 2 unspecified atom stereocenters. The molecule has 0 aromatic rings. The van der Waals surface area contributed by atoms with E-state index in [4.69, 9.17) is 0 Å².